The van der Waals surface area contributed by atoms with Crippen LogP contribution in [0.15, 0.2) is 23.8 Å². The molecule has 0 bridgehead atoms. The van der Waals surface area contributed by atoms with Gasteiger partial charge in [-0.15, -0.1) is 0 Å². The summed E-state index contributed by atoms with van der Waals surface area (Å²) >= 11 is 0. The predicted octanol–water partition coefficient (Wildman–Crippen LogP) is 3.06. The van der Waals surface area contributed by atoms with E-state index < -0.39 is 23.7 Å². The molecule has 0 radical (unpaired) electrons. The Hall–Kier alpha value is -2.03. The van der Waals surface area contributed by atoms with Gasteiger partial charge in [0, 0.05) is 5.56 Å². The number of fused-ring (bicyclic) bond motifs is 1. The standard InChI is InChI=1S/C11H5F4NO/c12-8-1-2-9-6(4-8)3-7(5-16)10(17-9)11(13,14)15/h1-4,10H. The number of alkyl halides is 3. The van der Waals surface area contributed by atoms with Crippen molar-refractivity contribution in [2.24, 2.45) is 0 Å². The van der Waals surface area contributed by atoms with Gasteiger partial charge in [-0.1, -0.05) is 0 Å². The van der Waals surface area contributed by atoms with E-state index in [0.717, 1.165) is 24.3 Å². The molecule has 0 aliphatic carbocycles. The lowest BCUT2D eigenvalue weighted by atomic mass is 10.0. The minimum absolute atomic E-state index is 0.0901. The molecule has 0 fully saturated rings. The molecule has 1 aromatic carbocycles. The summed E-state index contributed by atoms with van der Waals surface area (Å²) in [6.07, 6.45) is -5.97. The van der Waals surface area contributed by atoms with Crippen LogP contribution in [0.4, 0.5) is 17.6 Å². The number of nitrogens with zero attached hydrogens (tertiary/aromatic N) is 1. The van der Waals surface area contributed by atoms with Gasteiger partial charge in [0.2, 0.25) is 6.10 Å². The van der Waals surface area contributed by atoms with E-state index in [4.69, 9.17) is 5.26 Å². The first-order valence-corrected chi connectivity index (χ1v) is 4.56. The number of ether oxygens (including phenoxy) is 1. The second kappa shape index (κ2) is 3.77. The Morgan fingerprint density at radius 1 is 1.29 bits per heavy atom. The second-order valence-electron chi connectivity index (χ2n) is 3.43. The first-order valence-electron chi connectivity index (χ1n) is 4.56. The zero-order chi connectivity index (χ0) is 12.6. The number of rotatable bonds is 0. The average molecular weight is 243 g/mol. The van der Waals surface area contributed by atoms with Crippen molar-refractivity contribution in [3.8, 4) is 11.8 Å². The summed E-state index contributed by atoms with van der Waals surface area (Å²) in [6, 6.07) is 4.53. The van der Waals surface area contributed by atoms with Gasteiger partial charge in [0.25, 0.3) is 0 Å². The van der Waals surface area contributed by atoms with Crippen molar-refractivity contribution in [3.05, 3.63) is 35.2 Å². The van der Waals surface area contributed by atoms with Crippen LogP contribution < -0.4 is 4.74 Å². The maximum absolute atomic E-state index is 12.9. The molecule has 17 heavy (non-hydrogen) atoms. The molecule has 2 nitrogen and oxygen atoms in total. The fourth-order valence-electron chi connectivity index (χ4n) is 1.51. The third-order valence-electron chi connectivity index (χ3n) is 2.24. The summed E-state index contributed by atoms with van der Waals surface area (Å²) < 4.78 is 55.2. The van der Waals surface area contributed by atoms with Crippen LogP contribution >= 0.6 is 0 Å². The highest BCUT2D eigenvalue weighted by Crippen LogP contribution is 2.36. The molecule has 0 saturated carbocycles. The molecule has 2 rings (SSSR count). The smallest absolute Gasteiger partial charge is 0.430 e. The maximum Gasteiger partial charge on any atom is 0.430 e. The van der Waals surface area contributed by atoms with Gasteiger partial charge in [-0.2, -0.15) is 18.4 Å². The molecule has 0 N–H and O–H groups in total. The van der Waals surface area contributed by atoms with Crippen molar-refractivity contribution in [1.82, 2.24) is 0 Å². The molecule has 0 amide bonds. The molecule has 6 heteroatoms. The molecule has 0 saturated heterocycles. The monoisotopic (exact) mass is 243 g/mol. The Labute approximate surface area is 93.7 Å². The highest BCUT2D eigenvalue weighted by atomic mass is 19.4. The van der Waals surface area contributed by atoms with Crippen LogP contribution in [0.3, 0.4) is 0 Å². The fourth-order valence-corrected chi connectivity index (χ4v) is 1.51. The lowest BCUT2D eigenvalue weighted by Gasteiger charge is -2.25. The molecule has 1 aromatic rings. The number of nitriles is 1. The molecule has 0 spiro atoms. The van der Waals surface area contributed by atoms with Gasteiger partial charge in [0.15, 0.2) is 0 Å². The maximum atomic E-state index is 12.9. The van der Waals surface area contributed by atoms with Crippen molar-refractivity contribution < 1.29 is 22.3 Å². The summed E-state index contributed by atoms with van der Waals surface area (Å²) in [5, 5.41) is 8.63. The van der Waals surface area contributed by atoms with Gasteiger partial charge in [-0.25, -0.2) is 4.39 Å². The minimum atomic E-state index is -4.67. The topological polar surface area (TPSA) is 33.0 Å². The number of hydrogen-bond acceptors (Lipinski definition) is 2. The van der Waals surface area contributed by atoms with Gasteiger partial charge >= 0.3 is 6.18 Å². The van der Waals surface area contributed by atoms with Crippen LogP contribution in [0.5, 0.6) is 5.75 Å². The van der Waals surface area contributed by atoms with Gasteiger partial charge in [0.05, 0.1) is 11.6 Å². The SMILES string of the molecule is N#CC1=Cc2cc(F)ccc2OC1C(F)(F)F. The molecule has 88 valence electrons. The van der Waals surface area contributed by atoms with Crippen LogP contribution in [-0.4, -0.2) is 12.3 Å². The Kier molecular flexibility index (Phi) is 2.54. The van der Waals surface area contributed by atoms with Crippen molar-refractivity contribution in [2.75, 3.05) is 0 Å². The Morgan fingerprint density at radius 3 is 2.59 bits per heavy atom. The van der Waals surface area contributed by atoms with Crippen LogP contribution in [0, 0.1) is 17.1 Å². The molecule has 1 heterocycles. The highest BCUT2D eigenvalue weighted by molar-refractivity contribution is 5.66. The Balaban J connectivity index is 2.50. The van der Waals surface area contributed by atoms with Crippen LogP contribution in [0.25, 0.3) is 6.08 Å². The third-order valence-corrected chi connectivity index (χ3v) is 2.24. The van der Waals surface area contributed by atoms with Crippen molar-refractivity contribution in [2.45, 2.75) is 12.3 Å². The van der Waals surface area contributed by atoms with E-state index in [0.29, 0.717) is 0 Å². The van der Waals surface area contributed by atoms with Crippen LogP contribution in [0.1, 0.15) is 5.56 Å². The van der Waals surface area contributed by atoms with Crippen molar-refractivity contribution >= 4 is 6.08 Å². The van der Waals surface area contributed by atoms with Crippen LogP contribution in [-0.2, 0) is 0 Å². The summed E-state index contributed by atoms with van der Waals surface area (Å²) in [5.74, 6) is -0.695. The predicted molar refractivity (Wildman–Crippen MR) is 50.5 cm³/mol. The largest absolute Gasteiger partial charge is 0.475 e. The van der Waals surface area contributed by atoms with E-state index in [9.17, 15) is 17.6 Å². The van der Waals surface area contributed by atoms with E-state index in [2.05, 4.69) is 4.74 Å². The van der Waals surface area contributed by atoms with E-state index in [1.807, 2.05) is 0 Å². The molecule has 0 aromatic heterocycles. The van der Waals surface area contributed by atoms with E-state index in [-0.39, 0.29) is 11.3 Å². The molecule has 1 atom stereocenters. The lowest BCUT2D eigenvalue weighted by molar-refractivity contribution is -0.182. The quantitative estimate of drug-likeness (QED) is 0.656. The summed E-state index contributed by atoms with van der Waals surface area (Å²) in [7, 11) is 0. The van der Waals surface area contributed by atoms with E-state index in [1.54, 1.807) is 0 Å². The fraction of sp³-hybridized carbons (Fsp3) is 0.182. The summed E-state index contributed by atoms with van der Waals surface area (Å²) in [6.45, 7) is 0. The number of halogens is 4. The highest BCUT2D eigenvalue weighted by Gasteiger charge is 2.46. The molecule has 1 unspecified atom stereocenters. The third kappa shape index (κ3) is 2.09. The Morgan fingerprint density at radius 2 is 2.00 bits per heavy atom. The van der Waals surface area contributed by atoms with Crippen molar-refractivity contribution in [1.29, 1.82) is 5.26 Å². The van der Waals surface area contributed by atoms with Gasteiger partial charge in [0.1, 0.15) is 11.6 Å². The molecule has 1 aliphatic heterocycles. The van der Waals surface area contributed by atoms with E-state index >= 15 is 0 Å². The zero-order valence-corrected chi connectivity index (χ0v) is 8.25. The molecular formula is C11H5F4NO. The van der Waals surface area contributed by atoms with Crippen molar-refractivity contribution in [3.63, 3.8) is 0 Å². The summed E-state index contributed by atoms with van der Waals surface area (Å²) in [4.78, 5) is 0. The summed E-state index contributed by atoms with van der Waals surface area (Å²) in [5.41, 5.74) is -0.461. The molecular weight excluding hydrogens is 238 g/mol. The number of hydrogen-bond donors (Lipinski definition) is 0. The van der Waals surface area contributed by atoms with Crippen LogP contribution in [0.2, 0.25) is 0 Å². The lowest BCUT2D eigenvalue weighted by Crippen LogP contribution is -2.37. The second-order valence-corrected chi connectivity index (χ2v) is 3.43. The van der Waals surface area contributed by atoms with Gasteiger partial charge < -0.3 is 4.74 Å². The normalized spacial score (nSPS) is 18.8. The zero-order valence-electron chi connectivity index (χ0n) is 8.25. The van der Waals surface area contributed by atoms with Gasteiger partial charge in [-0.05, 0) is 24.3 Å². The Bertz CT molecular complexity index is 527. The first kappa shape index (κ1) is 11.5. The van der Waals surface area contributed by atoms with E-state index in [1.165, 1.54) is 6.07 Å². The minimum Gasteiger partial charge on any atom is -0.475 e. The number of benzene rings is 1. The molecule has 1 aliphatic rings. The first-order chi connectivity index (χ1) is 7.91. The van der Waals surface area contributed by atoms with Gasteiger partial charge in [-0.3, -0.25) is 0 Å². The average Bonchev–Trinajstić information content (AvgIpc) is 2.25.